The van der Waals surface area contributed by atoms with Crippen molar-refractivity contribution in [2.24, 2.45) is 0 Å². The Kier molecular flexibility index (Phi) is 6.74. The lowest BCUT2D eigenvalue weighted by molar-refractivity contribution is 0.348. The molecule has 120 valence electrons. The zero-order valence-electron chi connectivity index (χ0n) is 11.9. The summed E-state index contributed by atoms with van der Waals surface area (Å²) in [6.45, 7) is 2.89. The molecular weight excluding hydrogens is 335 g/mol. The molecule has 0 radical (unpaired) electrons. The molecule has 2 atom stereocenters. The third-order valence-corrected chi connectivity index (χ3v) is 5.23. The second kappa shape index (κ2) is 7.65. The fraction of sp³-hybridized carbons (Fsp3) is 0.538. The number of benzene rings is 1. The number of ether oxygens (including phenoxy) is 1. The number of methoxy groups -OCH3 is 1. The molecule has 1 aliphatic heterocycles. The molecule has 1 aromatic carbocycles. The van der Waals surface area contributed by atoms with E-state index in [-0.39, 0.29) is 29.4 Å². The molecule has 1 fully saturated rings. The van der Waals surface area contributed by atoms with Crippen LogP contribution in [0.2, 0.25) is 5.02 Å². The third-order valence-electron chi connectivity index (χ3n) is 3.48. The first-order valence-electron chi connectivity index (χ1n) is 6.53. The first kappa shape index (κ1) is 18.5. The molecule has 0 saturated carbocycles. The Morgan fingerprint density at radius 2 is 2.14 bits per heavy atom. The quantitative estimate of drug-likeness (QED) is 0.869. The summed E-state index contributed by atoms with van der Waals surface area (Å²) in [7, 11) is -2.22. The first-order valence-corrected chi connectivity index (χ1v) is 8.39. The van der Waals surface area contributed by atoms with Gasteiger partial charge in [0.15, 0.2) is 0 Å². The van der Waals surface area contributed by atoms with Crippen molar-refractivity contribution in [3.8, 4) is 5.75 Å². The maximum absolute atomic E-state index is 12.5. The molecule has 2 rings (SSSR count). The van der Waals surface area contributed by atoms with Crippen molar-refractivity contribution in [2.75, 3.05) is 13.7 Å². The summed E-state index contributed by atoms with van der Waals surface area (Å²) in [6, 6.07) is 4.54. The van der Waals surface area contributed by atoms with E-state index < -0.39 is 10.0 Å². The van der Waals surface area contributed by atoms with E-state index in [4.69, 9.17) is 16.3 Å². The highest BCUT2D eigenvalue weighted by Gasteiger charge is 2.28. The standard InChI is InChI=1S/C13H19ClN2O3S.ClH/c1-9-11(4-3-7-15-9)16-20(17,18)13-8-10(14)5-6-12(13)19-2;/h5-6,8-9,11,15-16H,3-4,7H2,1-2H3;1H. The number of sulfonamides is 1. The summed E-state index contributed by atoms with van der Waals surface area (Å²) in [6.07, 6.45) is 1.76. The van der Waals surface area contributed by atoms with Crippen LogP contribution in [-0.4, -0.2) is 34.2 Å². The van der Waals surface area contributed by atoms with Crippen LogP contribution in [0.4, 0.5) is 0 Å². The average molecular weight is 355 g/mol. The highest BCUT2D eigenvalue weighted by atomic mass is 35.5. The second-order valence-corrected chi connectivity index (χ2v) is 7.03. The van der Waals surface area contributed by atoms with E-state index in [1.807, 2.05) is 6.92 Å². The van der Waals surface area contributed by atoms with Gasteiger partial charge in [0.05, 0.1) is 7.11 Å². The fourth-order valence-electron chi connectivity index (χ4n) is 2.33. The molecule has 1 saturated heterocycles. The van der Waals surface area contributed by atoms with Gasteiger partial charge >= 0.3 is 0 Å². The third kappa shape index (κ3) is 4.47. The number of piperidine rings is 1. The van der Waals surface area contributed by atoms with Gasteiger partial charge in [-0.05, 0) is 44.5 Å². The van der Waals surface area contributed by atoms with Crippen molar-refractivity contribution in [2.45, 2.75) is 36.7 Å². The molecule has 1 heterocycles. The first-order chi connectivity index (χ1) is 9.44. The topological polar surface area (TPSA) is 67.4 Å². The predicted octanol–water partition coefficient (Wildman–Crippen LogP) is 2.19. The van der Waals surface area contributed by atoms with Crippen LogP contribution >= 0.6 is 24.0 Å². The minimum Gasteiger partial charge on any atom is -0.495 e. The summed E-state index contributed by atoms with van der Waals surface area (Å²) in [4.78, 5) is 0.0743. The molecule has 0 aromatic heterocycles. The molecule has 0 bridgehead atoms. The normalized spacial score (nSPS) is 22.4. The van der Waals surface area contributed by atoms with Crippen molar-refractivity contribution < 1.29 is 13.2 Å². The smallest absolute Gasteiger partial charge is 0.244 e. The Morgan fingerprint density at radius 1 is 1.43 bits per heavy atom. The van der Waals surface area contributed by atoms with Crippen LogP contribution in [0.25, 0.3) is 0 Å². The van der Waals surface area contributed by atoms with E-state index in [0.717, 1.165) is 19.4 Å². The van der Waals surface area contributed by atoms with Gasteiger partial charge in [0.25, 0.3) is 0 Å². The molecule has 0 spiro atoms. The van der Waals surface area contributed by atoms with Gasteiger partial charge in [0.2, 0.25) is 10.0 Å². The van der Waals surface area contributed by atoms with Crippen LogP contribution in [0.5, 0.6) is 5.75 Å². The molecule has 8 heteroatoms. The zero-order valence-corrected chi connectivity index (χ0v) is 14.3. The van der Waals surface area contributed by atoms with Crippen molar-refractivity contribution in [1.29, 1.82) is 0 Å². The predicted molar refractivity (Wildman–Crippen MR) is 86.1 cm³/mol. The number of hydrogen-bond donors (Lipinski definition) is 2. The summed E-state index contributed by atoms with van der Waals surface area (Å²) >= 11 is 5.89. The van der Waals surface area contributed by atoms with Gasteiger partial charge in [-0.15, -0.1) is 12.4 Å². The maximum atomic E-state index is 12.5. The highest BCUT2D eigenvalue weighted by molar-refractivity contribution is 7.89. The van der Waals surface area contributed by atoms with Crippen molar-refractivity contribution in [3.05, 3.63) is 23.2 Å². The van der Waals surface area contributed by atoms with Gasteiger partial charge in [-0.2, -0.15) is 0 Å². The van der Waals surface area contributed by atoms with Crippen LogP contribution in [0.15, 0.2) is 23.1 Å². The van der Waals surface area contributed by atoms with E-state index in [1.54, 1.807) is 12.1 Å². The van der Waals surface area contributed by atoms with Crippen molar-refractivity contribution in [3.63, 3.8) is 0 Å². The Hall–Kier alpha value is -0.530. The van der Waals surface area contributed by atoms with Crippen molar-refractivity contribution >= 4 is 34.0 Å². The van der Waals surface area contributed by atoms with Gasteiger partial charge in [-0.25, -0.2) is 13.1 Å². The van der Waals surface area contributed by atoms with Crippen molar-refractivity contribution in [1.82, 2.24) is 10.0 Å². The van der Waals surface area contributed by atoms with E-state index in [0.29, 0.717) is 10.8 Å². The Balaban J connectivity index is 0.00000220. The molecule has 5 nitrogen and oxygen atoms in total. The summed E-state index contributed by atoms with van der Waals surface area (Å²) < 4.78 is 32.8. The molecule has 1 aliphatic rings. The lowest BCUT2D eigenvalue weighted by atomic mass is 10.0. The summed E-state index contributed by atoms with van der Waals surface area (Å²) in [5, 5.41) is 3.62. The molecule has 2 N–H and O–H groups in total. The monoisotopic (exact) mass is 354 g/mol. The van der Waals surface area contributed by atoms with Gasteiger partial charge in [-0.3, -0.25) is 0 Å². The van der Waals surface area contributed by atoms with Crippen LogP contribution in [0, 0.1) is 0 Å². The minimum absolute atomic E-state index is 0. The zero-order chi connectivity index (χ0) is 14.8. The number of halogens is 2. The Bertz CT molecular complexity index is 581. The van der Waals surface area contributed by atoms with Gasteiger partial charge in [0, 0.05) is 17.1 Å². The van der Waals surface area contributed by atoms with Crippen LogP contribution < -0.4 is 14.8 Å². The van der Waals surface area contributed by atoms with E-state index in [2.05, 4.69) is 10.0 Å². The van der Waals surface area contributed by atoms with Gasteiger partial charge in [-0.1, -0.05) is 11.6 Å². The number of rotatable bonds is 4. The Morgan fingerprint density at radius 3 is 2.76 bits per heavy atom. The van der Waals surface area contributed by atoms with Crippen LogP contribution in [-0.2, 0) is 10.0 Å². The molecule has 2 unspecified atom stereocenters. The van der Waals surface area contributed by atoms with Gasteiger partial charge in [0.1, 0.15) is 10.6 Å². The van der Waals surface area contributed by atoms with E-state index in [1.165, 1.54) is 13.2 Å². The minimum atomic E-state index is -3.66. The Labute approximate surface area is 136 Å². The van der Waals surface area contributed by atoms with Gasteiger partial charge < -0.3 is 10.1 Å². The van der Waals surface area contributed by atoms with E-state index >= 15 is 0 Å². The molecule has 0 aliphatic carbocycles. The molecule has 0 amide bonds. The maximum Gasteiger partial charge on any atom is 0.244 e. The molecular formula is C13H20Cl2N2O3S. The largest absolute Gasteiger partial charge is 0.495 e. The molecule has 1 aromatic rings. The molecule has 21 heavy (non-hydrogen) atoms. The summed E-state index contributed by atoms with van der Waals surface area (Å²) in [5.41, 5.74) is 0. The SMILES string of the molecule is COc1ccc(Cl)cc1S(=O)(=O)NC1CCCNC1C.Cl. The highest BCUT2D eigenvalue weighted by Crippen LogP contribution is 2.27. The lowest BCUT2D eigenvalue weighted by Gasteiger charge is -2.30. The van der Waals surface area contributed by atoms with Crippen LogP contribution in [0.1, 0.15) is 19.8 Å². The average Bonchev–Trinajstić information content (AvgIpc) is 2.41. The second-order valence-electron chi connectivity index (χ2n) is 4.91. The number of hydrogen-bond acceptors (Lipinski definition) is 4. The lowest BCUT2D eigenvalue weighted by Crippen LogP contribution is -2.51. The summed E-state index contributed by atoms with van der Waals surface area (Å²) in [5.74, 6) is 0.290. The number of nitrogens with one attached hydrogen (secondary N) is 2. The fourth-order valence-corrected chi connectivity index (χ4v) is 4.11. The van der Waals surface area contributed by atoms with Crippen LogP contribution in [0.3, 0.4) is 0 Å². The van der Waals surface area contributed by atoms with E-state index in [9.17, 15) is 8.42 Å².